The minimum Gasteiger partial charge on any atom is -0.486 e. The molecule has 192 valence electrons. The van der Waals surface area contributed by atoms with E-state index >= 15 is 0 Å². The number of hydrogen-bond acceptors (Lipinski definition) is 6. The number of nitrogens with one attached hydrogen (secondary N) is 3. The van der Waals surface area contributed by atoms with Crippen LogP contribution in [0, 0.1) is 0 Å². The molecule has 1 aliphatic heterocycles. The minimum absolute atomic E-state index is 0.280. The van der Waals surface area contributed by atoms with Gasteiger partial charge in [0.2, 0.25) is 0 Å². The highest BCUT2D eigenvalue weighted by Crippen LogP contribution is 2.33. The Kier molecular flexibility index (Phi) is 7.24. The minimum atomic E-state index is -0.426. The Bertz CT molecular complexity index is 1390. The van der Waals surface area contributed by atoms with Gasteiger partial charge in [-0.3, -0.25) is 14.9 Å². The van der Waals surface area contributed by atoms with Crippen molar-refractivity contribution in [3.63, 3.8) is 0 Å². The number of aromatic amines is 1. The van der Waals surface area contributed by atoms with E-state index in [1.54, 1.807) is 12.1 Å². The number of fused-ring (bicyclic) bond motifs is 1. The van der Waals surface area contributed by atoms with E-state index in [1.807, 2.05) is 37.3 Å². The summed E-state index contributed by atoms with van der Waals surface area (Å²) in [6.07, 6.45) is 2.63. The number of piperazine rings is 1. The number of aromatic nitrogens is 3. The Morgan fingerprint density at radius 3 is 2.43 bits per heavy atom. The zero-order chi connectivity index (χ0) is 26.1. The van der Waals surface area contributed by atoms with Gasteiger partial charge < -0.3 is 20.3 Å². The zero-order valence-electron chi connectivity index (χ0n) is 20.8. The van der Waals surface area contributed by atoms with Crippen LogP contribution in [0.2, 0.25) is 10.0 Å². The van der Waals surface area contributed by atoms with Crippen LogP contribution in [0.3, 0.4) is 0 Å². The summed E-state index contributed by atoms with van der Waals surface area (Å²) in [6, 6.07) is 14.1. The van der Waals surface area contributed by atoms with Gasteiger partial charge in [0.1, 0.15) is 11.9 Å². The van der Waals surface area contributed by atoms with Crippen molar-refractivity contribution in [2.24, 2.45) is 0 Å². The molecule has 3 N–H and O–H groups in total. The highest BCUT2D eigenvalue weighted by Gasteiger charge is 2.22. The monoisotopic (exact) mass is 538 g/mol. The van der Waals surface area contributed by atoms with Crippen LogP contribution in [-0.2, 0) is 0 Å². The van der Waals surface area contributed by atoms with Gasteiger partial charge in [0.05, 0.1) is 15.6 Å². The van der Waals surface area contributed by atoms with E-state index in [0.29, 0.717) is 44.5 Å². The molecule has 8 nitrogen and oxygen atoms in total. The molecule has 3 atom stereocenters. The van der Waals surface area contributed by atoms with Crippen molar-refractivity contribution in [1.82, 2.24) is 20.5 Å². The van der Waals surface area contributed by atoms with E-state index < -0.39 is 6.10 Å². The molecule has 0 radical (unpaired) electrons. The van der Waals surface area contributed by atoms with Gasteiger partial charge in [0, 0.05) is 59.9 Å². The van der Waals surface area contributed by atoms with E-state index in [-0.39, 0.29) is 11.6 Å². The van der Waals surface area contributed by atoms with E-state index in [2.05, 4.69) is 44.6 Å². The molecule has 1 amide bonds. The van der Waals surface area contributed by atoms with Gasteiger partial charge in [0.25, 0.3) is 5.91 Å². The molecule has 0 saturated carbocycles. The SMILES string of the molecule is CC(Oc1ccc2[nH]nc(C(=O)Nc3ccc(N4C[C@@H](C)N[C@@H](C)C4)cc3)c2c1)c1c(Cl)cncc1Cl. The number of H-pyrrole nitrogens is 1. The van der Waals surface area contributed by atoms with Crippen molar-refractivity contribution in [3.8, 4) is 5.75 Å². The predicted octanol–water partition coefficient (Wildman–Crippen LogP) is 5.84. The van der Waals surface area contributed by atoms with Crippen LogP contribution in [0.5, 0.6) is 5.75 Å². The topological polar surface area (TPSA) is 95.2 Å². The highest BCUT2D eigenvalue weighted by atomic mass is 35.5. The molecule has 2 aromatic heterocycles. The van der Waals surface area contributed by atoms with Crippen molar-refractivity contribution in [1.29, 1.82) is 0 Å². The molecular formula is C27H28Cl2N6O2. The Morgan fingerprint density at radius 1 is 1.08 bits per heavy atom. The standard InChI is InChI=1S/C27H28Cl2N6O2/c1-15-13-35(14-16(2)31-15)19-6-4-18(5-7-19)32-27(36)26-21-10-20(8-9-24(21)33-34-26)37-17(3)25-22(28)11-30-12-23(25)29/h4-12,15-17,31H,13-14H2,1-3H3,(H,32,36)(H,33,34)/t15-,16+,17?. The molecule has 4 aromatic rings. The fourth-order valence-electron chi connectivity index (χ4n) is 4.80. The van der Waals surface area contributed by atoms with Crippen LogP contribution in [0.15, 0.2) is 54.9 Å². The first-order chi connectivity index (χ1) is 17.8. The maximum Gasteiger partial charge on any atom is 0.276 e. The lowest BCUT2D eigenvalue weighted by Gasteiger charge is -2.37. The third-order valence-corrected chi connectivity index (χ3v) is 7.01. The van der Waals surface area contributed by atoms with E-state index in [1.165, 1.54) is 12.4 Å². The third kappa shape index (κ3) is 5.51. The summed E-state index contributed by atoms with van der Waals surface area (Å²) in [5, 5.41) is 15.2. The van der Waals surface area contributed by atoms with Gasteiger partial charge >= 0.3 is 0 Å². The van der Waals surface area contributed by atoms with E-state index in [0.717, 1.165) is 24.3 Å². The number of halogens is 2. The van der Waals surface area contributed by atoms with Crippen LogP contribution in [0.1, 0.15) is 42.9 Å². The van der Waals surface area contributed by atoms with Crippen LogP contribution in [-0.4, -0.2) is 46.3 Å². The summed E-state index contributed by atoms with van der Waals surface area (Å²) in [6.45, 7) is 8.11. The van der Waals surface area contributed by atoms with Crippen molar-refractivity contribution >= 4 is 51.4 Å². The molecule has 1 saturated heterocycles. The number of nitrogens with zero attached hydrogens (tertiary/aromatic N) is 3. The quantitative estimate of drug-likeness (QED) is 0.285. The molecule has 0 aliphatic carbocycles. The number of carbonyl (C=O) groups excluding carboxylic acids is 1. The van der Waals surface area contributed by atoms with Crippen molar-refractivity contribution in [2.75, 3.05) is 23.3 Å². The molecule has 5 rings (SSSR count). The molecule has 37 heavy (non-hydrogen) atoms. The molecule has 2 aromatic carbocycles. The average molecular weight is 539 g/mol. The molecule has 3 heterocycles. The second-order valence-electron chi connectivity index (χ2n) is 9.43. The fourth-order valence-corrected chi connectivity index (χ4v) is 5.47. The van der Waals surface area contributed by atoms with E-state index in [9.17, 15) is 4.79 Å². The van der Waals surface area contributed by atoms with Gasteiger partial charge in [0.15, 0.2) is 5.69 Å². The van der Waals surface area contributed by atoms with Gasteiger partial charge in [-0.2, -0.15) is 5.10 Å². The summed E-state index contributed by atoms with van der Waals surface area (Å²) in [4.78, 5) is 19.5. The number of pyridine rings is 1. The predicted molar refractivity (Wildman–Crippen MR) is 148 cm³/mol. The lowest BCUT2D eigenvalue weighted by molar-refractivity contribution is 0.102. The first-order valence-electron chi connectivity index (χ1n) is 12.1. The number of rotatable bonds is 6. The number of ether oxygens (including phenoxy) is 1. The summed E-state index contributed by atoms with van der Waals surface area (Å²) in [7, 11) is 0. The molecular weight excluding hydrogens is 511 g/mol. The molecule has 10 heteroatoms. The summed E-state index contributed by atoms with van der Waals surface area (Å²) in [5.41, 5.74) is 3.49. The Labute approximate surface area is 225 Å². The van der Waals surface area contributed by atoms with Crippen LogP contribution >= 0.6 is 23.2 Å². The van der Waals surface area contributed by atoms with Gasteiger partial charge in [-0.05, 0) is 63.2 Å². The van der Waals surface area contributed by atoms with Gasteiger partial charge in [-0.1, -0.05) is 23.2 Å². The Morgan fingerprint density at radius 2 is 1.76 bits per heavy atom. The first-order valence-corrected chi connectivity index (χ1v) is 12.9. The second kappa shape index (κ2) is 10.6. The first kappa shape index (κ1) is 25.3. The zero-order valence-corrected chi connectivity index (χ0v) is 22.3. The van der Waals surface area contributed by atoms with Crippen molar-refractivity contribution < 1.29 is 9.53 Å². The number of benzene rings is 2. The number of hydrogen-bond donors (Lipinski definition) is 3. The lowest BCUT2D eigenvalue weighted by atomic mass is 10.1. The maximum atomic E-state index is 13.1. The van der Waals surface area contributed by atoms with Crippen molar-refractivity contribution in [2.45, 2.75) is 39.0 Å². The van der Waals surface area contributed by atoms with Gasteiger partial charge in [-0.15, -0.1) is 0 Å². The lowest BCUT2D eigenvalue weighted by Crippen LogP contribution is -2.54. The molecule has 1 fully saturated rings. The largest absolute Gasteiger partial charge is 0.486 e. The average Bonchev–Trinajstić information content (AvgIpc) is 3.27. The van der Waals surface area contributed by atoms with E-state index in [4.69, 9.17) is 27.9 Å². The summed E-state index contributed by atoms with van der Waals surface area (Å²) < 4.78 is 6.10. The van der Waals surface area contributed by atoms with Crippen LogP contribution in [0.4, 0.5) is 11.4 Å². The molecule has 1 aliphatic rings. The number of amides is 1. The second-order valence-corrected chi connectivity index (χ2v) is 10.2. The Hall–Kier alpha value is -3.33. The fraction of sp³-hybridized carbons (Fsp3) is 0.296. The van der Waals surface area contributed by atoms with Gasteiger partial charge in [-0.25, -0.2) is 0 Å². The highest BCUT2D eigenvalue weighted by molar-refractivity contribution is 6.35. The molecule has 0 spiro atoms. The van der Waals surface area contributed by atoms with Crippen molar-refractivity contribution in [3.05, 3.63) is 76.2 Å². The number of carbonyl (C=O) groups is 1. The Balaban J connectivity index is 1.31. The van der Waals surface area contributed by atoms with Crippen LogP contribution < -0.4 is 20.3 Å². The maximum absolute atomic E-state index is 13.1. The summed E-state index contributed by atoms with van der Waals surface area (Å²) >= 11 is 12.6. The normalized spacial score (nSPS) is 18.6. The third-order valence-electron chi connectivity index (χ3n) is 6.41. The number of anilines is 2. The van der Waals surface area contributed by atoms with Crippen LogP contribution in [0.25, 0.3) is 10.9 Å². The molecule has 0 bridgehead atoms. The molecule has 1 unspecified atom stereocenters. The summed E-state index contributed by atoms with van der Waals surface area (Å²) in [5.74, 6) is 0.247. The smallest absolute Gasteiger partial charge is 0.276 e.